The van der Waals surface area contributed by atoms with E-state index in [2.05, 4.69) is 20.7 Å². The normalized spacial score (nSPS) is 10.9. The summed E-state index contributed by atoms with van der Waals surface area (Å²) in [5.41, 5.74) is 3.31. The zero-order chi connectivity index (χ0) is 13.8. The average Bonchev–Trinajstić information content (AvgIpc) is 2.79. The van der Waals surface area contributed by atoms with Crippen LogP contribution < -0.4 is 5.43 Å². The molecule has 2 rings (SSSR count). The van der Waals surface area contributed by atoms with E-state index in [0.717, 1.165) is 11.9 Å². The first-order chi connectivity index (χ1) is 9.08. The molecule has 0 aliphatic rings. The molecule has 7 heteroatoms. The number of carbonyl (C=O) groups is 1. The van der Waals surface area contributed by atoms with Crippen molar-refractivity contribution in [3.05, 3.63) is 52.1 Å². The van der Waals surface area contributed by atoms with Crippen molar-refractivity contribution in [1.82, 2.24) is 15.6 Å². The van der Waals surface area contributed by atoms with E-state index in [-0.39, 0.29) is 16.3 Å². The number of amides is 1. The quantitative estimate of drug-likeness (QED) is 0.669. The number of benzene rings is 1. The maximum atomic E-state index is 13.4. The van der Waals surface area contributed by atoms with Gasteiger partial charge in [-0.05, 0) is 25.1 Å². The Bertz CT molecular complexity index is 618. The zero-order valence-corrected chi connectivity index (χ0v) is 10.7. The van der Waals surface area contributed by atoms with Gasteiger partial charge < -0.3 is 0 Å². The molecule has 5 nitrogen and oxygen atoms in total. The molecule has 19 heavy (non-hydrogen) atoms. The molecule has 1 aromatic heterocycles. The number of carbonyl (C=O) groups excluding carboxylic acids is 1. The first kappa shape index (κ1) is 13.2. The Morgan fingerprint density at radius 2 is 2.37 bits per heavy atom. The molecule has 2 N–H and O–H groups in total. The molecule has 0 bridgehead atoms. The maximum Gasteiger partial charge on any atom is 0.291 e. The molecule has 0 saturated heterocycles. The number of aromatic nitrogens is 2. The van der Waals surface area contributed by atoms with Gasteiger partial charge in [-0.15, -0.1) is 0 Å². The second-order valence-electron chi connectivity index (χ2n) is 3.77. The number of hydrazone groups is 1. The number of nitrogens with zero attached hydrogens (tertiary/aromatic N) is 2. The van der Waals surface area contributed by atoms with Crippen LogP contribution >= 0.6 is 11.6 Å². The Morgan fingerprint density at radius 3 is 3.00 bits per heavy atom. The zero-order valence-electron chi connectivity index (χ0n) is 9.95. The highest BCUT2D eigenvalue weighted by molar-refractivity contribution is 6.33. The van der Waals surface area contributed by atoms with Crippen LogP contribution in [0.4, 0.5) is 4.39 Å². The lowest BCUT2D eigenvalue weighted by Gasteiger charge is -1.99. The third-order valence-electron chi connectivity index (χ3n) is 2.30. The molecular weight excluding hydrogens is 271 g/mol. The van der Waals surface area contributed by atoms with E-state index in [4.69, 9.17) is 11.6 Å². The summed E-state index contributed by atoms with van der Waals surface area (Å²) in [5, 5.41) is 10.3. The van der Waals surface area contributed by atoms with Crippen LogP contribution in [0.3, 0.4) is 0 Å². The highest BCUT2D eigenvalue weighted by atomic mass is 35.5. The Labute approximate surface area is 113 Å². The predicted molar refractivity (Wildman–Crippen MR) is 69.8 cm³/mol. The maximum absolute atomic E-state index is 13.4. The molecule has 0 fully saturated rings. The van der Waals surface area contributed by atoms with Crippen LogP contribution in [-0.4, -0.2) is 22.3 Å². The second kappa shape index (κ2) is 5.62. The van der Waals surface area contributed by atoms with Gasteiger partial charge in [-0.1, -0.05) is 17.7 Å². The standard InChI is InChI=1S/C12H10ClFN4O/c1-7-5-11(17-16-7)12(19)18-15-6-8-9(13)3-2-4-10(8)14/h2-6H,1H3,(H,16,17)(H,18,19)/b15-6+. The summed E-state index contributed by atoms with van der Waals surface area (Å²) in [6.07, 6.45) is 1.15. The van der Waals surface area contributed by atoms with Crippen molar-refractivity contribution in [2.75, 3.05) is 0 Å². The number of rotatable bonds is 3. The molecule has 98 valence electrons. The molecule has 0 radical (unpaired) electrons. The fourth-order valence-electron chi connectivity index (χ4n) is 1.38. The van der Waals surface area contributed by atoms with Gasteiger partial charge >= 0.3 is 0 Å². The molecule has 1 amide bonds. The van der Waals surface area contributed by atoms with Gasteiger partial charge in [0.05, 0.1) is 11.2 Å². The molecule has 0 saturated carbocycles. The van der Waals surface area contributed by atoms with Crippen molar-refractivity contribution in [2.45, 2.75) is 6.92 Å². The summed E-state index contributed by atoms with van der Waals surface area (Å²) < 4.78 is 13.4. The largest absolute Gasteiger partial charge is 0.291 e. The first-order valence-electron chi connectivity index (χ1n) is 5.37. The van der Waals surface area contributed by atoms with E-state index in [1.165, 1.54) is 18.2 Å². The molecule has 0 atom stereocenters. The van der Waals surface area contributed by atoms with Gasteiger partial charge in [0.1, 0.15) is 5.82 Å². The Kier molecular flexibility index (Phi) is 3.91. The van der Waals surface area contributed by atoms with Gasteiger partial charge in [-0.25, -0.2) is 9.82 Å². The lowest BCUT2D eigenvalue weighted by molar-refractivity contribution is 0.0950. The van der Waals surface area contributed by atoms with E-state index in [1.807, 2.05) is 0 Å². The molecular formula is C12H10ClFN4O. The average molecular weight is 281 g/mol. The number of aromatic amines is 1. The van der Waals surface area contributed by atoms with Crippen molar-refractivity contribution in [1.29, 1.82) is 0 Å². The van der Waals surface area contributed by atoms with Gasteiger partial charge in [-0.2, -0.15) is 10.2 Å². The van der Waals surface area contributed by atoms with E-state index < -0.39 is 11.7 Å². The molecule has 0 unspecified atom stereocenters. The van der Waals surface area contributed by atoms with Crippen molar-refractivity contribution < 1.29 is 9.18 Å². The van der Waals surface area contributed by atoms with Crippen LogP contribution in [-0.2, 0) is 0 Å². The van der Waals surface area contributed by atoms with Gasteiger partial charge in [0.25, 0.3) is 5.91 Å². The van der Waals surface area contributed by atoms with Crippen molar-refractivity contribution in [2.24, 2.45) is 5.10 Å². The lowest BCUT2D eigenvalue weighted by Crippen LogP contribution is -2.18. The number of aryl methyl sites for hydroxylation is 1. The minimum atomic E-state index is -0.513. The Hall–Kier alpha value is -2.21. The lowest BCUT2D eigenvalue weighted by atomic mass is 10.2. The van der Waals surface area contributed by atoms with Crippen LogP contribution in [0.5, 0.6) is 0 Å². The van der Waals surface area contributed by atoms with Crippen LogP contribution in [0.25, 0.3) is 0 Å². The van der Waals surface area contributed by atoms with Crippen LogP contribution in [0.15, 0.2) is 29.4 Å². The molecule has 1 aromatic carbocycles. The van der Waals surface area contributed by atoms with Crippen LogP contribution in [0, 0.1) is 12.7 Å². The number of H-pyrrole nitrogens is 1. The number of hydrogen-bond donors (Lipinski definition) is 2. The summed E-state index contributed by atoms with van der Waals surface area (Å²) in [4.78, 5) is 11.6. The highest BCUT2D eigenvalue weighted by Gasteiger charge is 2.08. The third-order valence-corrected chi connectivity index (χ3v) is 2.63. The smallest absolute Gasteiger partial charge is 0.282 e. The number of hydrogen-bond acceptors (Lipinski definition) is 3. The summed E-state index contributed by atoms with van der Waals surface area (Å²) in [7, 11) is 0. The monoisotopic (exact) mass is 280 g/mol. The predicted octanol–water partition coefficient (Wildman–Crippen LogP) is 2.27. The van der Waals surface area contributed by atoms with E-state index in [1.54, 1.807) is 13.0 Å². The second-order valence-corrected chi connectivity index (χ2v) is 4.18. The summed E-state index contributed by atoms with van der Waals surface area (Å²) in [6, 6.07) is 5.85. The first-order valence-corrected chi connectivity index (χ1v) is 5.75. The molecule has 1 heterocycles. The van der Waals surface area contributed by atoms with Crippen LogP contribution in [0.2, 0.25) is 5.02 Å². The summed E-state index contributed by atoms with van der Waals surface area (Å²) in [6.45, 7) is 1.77. The minimum absolute atomic E-state index is 0.114. The van der Waals surface area contributed by atoms with Gasteiger partial charge in [-0.3, -0.25) is 9.89 Å². The van der Waals surface area contributed by atoms with Gasteiger partial charge in [0.15, 0.2) is 5.69 Å². The van der Waals surface area contributed by atoms with E-state index in [9.17, 15) is 9.18 Å². The van der Waals surface area contributed by atoms with Crippen molar-refractivity contribution >= 4 is 23.7 Å². The Balaban J connectivity index is 2.06. The number of halogens is 2. The fourth-order valence-corrected chi connectivity index (χ4v) is 1.59. The summed E-state index contributed by atoms with van der Waals surface area (Å²) in [5.74, 6) is -1.01. The molecule has 0 aliphatic carbocycles. The van der Waals surface area contributed by atoms with Gasteiger partial charge in [0, 0.05) is 11.3 Å². The Morgan fingerprint density at radius 1 is 1.58 bits per heavy atom. The number of nitrogens with one attached hydrogen (secondary N) is 2. The third kappa shape index (κ3) is 3.17. The molecule has 0 aliphatic heterocycles. The SMILES string of the molecule is Cc1cc(C(=O)N/N=C/c2c(F)cccc2Cl)n[nH]1. The van der Waals surface area contributed by atoms with Crippen LogP contribution in [0.1, 0.15) is 21.7 Å². The molecule has 2 aromatic rings. The minimum Gasteiger partial charge on any atom is -0.282 e. The molecule has 0 spiro atoms. The van der Waals surface area contributed by atoms with Crippen molar-refractivity contribution in [3.8, 4) is 0 Å². The van der Waals surface area contributed by atoms with E-state index >= 15 is 0 Å². The van der Waals surface area contributed by atoms with Gasteiger partial charge in [0.2, 0.25) is 0 Å². The van der Waals surface area contributed by atoms with Crippen molar-refractivity contribution in [3.63, 3.8) is 0 Å². The van der Waals surface area contributed by atoms with E-state index in [0.29, 0.717) is 0 Å². The summed E-state index contributed by atoms with van der Waals surface area (Å²) >= 11 is 5.80. The topological polar surface area (TPSA) is 70.1 Å². The fraction of sp³-hybridized carbons (Fsp3) is 0.0833. The highest BCUT2D eigenvalue weighted by Crippen LogP contribution is 2.16.